The molecule has 2 aliphatic heterocycles. The van der Waals surface area contributed by atoms with E-state index in [1.807, 2.05) is 6.92 Å². The molecule has 2 unspecified atom stereocenters. The number of nitrogens with zero attached hydrogens (tertiary/aromatic N) is 3. The number of pyridine rings is 1. The second kappa shape index (κ2) is 4.51. The van der Waals surface area contributed by atoms with Crippen LogP contribution in [-0.2, 0) is 0 Å². The lowest BCUT2D eigenvalue weighted by molar-refractivity contribution is 0.278. The summed E-state index contributed by atoms with van der Waals surface area (Å²) in [5, 5.41) is 2.28. The van der Waals surface area contributed by atoms with Gasteiger partial charge in [0.15, 0.2) is 5.58 Å². The Labute approximate surface area is 142 Å². The first-order valence-electron chi connectivity index (χ1n) is 8.81. The van der Waals surface area contributed by atoms with Crippen molar-refractivity contribution in [3.63, 3.8) is 0 Å². The molecule has 0 radical (unpaired) electrons. The Kier molecular flexibility index (Phi) is 2.69. The molecule has 2 saturated heterocycles. The van der Waals surface area contributed by atoms with Gasteiger partial charge >= 0.3 is 0 Å². The highest BCUT2D eigenvalue weighted by molar-refractivity contribution is 6.08. The van der Waals surface area contributed by atoms with Gasteiger partial charge in [-0.1, -0.05) is 12.1 Å². The van der Waals surface area contributed by atoms with Crippen molar-refractivity contribution in [2.24, 2.45) is 0 Å². The maximum Gasteiger partial charge on any atom is 0.227 e. The fraction of sp³-hybridized carbons (Fsp3) is 0.450. The van der Waals surface area contributed by atoms with Crippen LogP contribution in [0.3, 0.4) is 0 Å². The lowest BCUT2D eigenvalue weighted by atomic mass is 9.96. The average Bonchev–Trinajstić information content (AvgIpc) is 3.16. The van der Waals surface area contributed by atoms with E-state index in [4.69, 9.17) is 4.42 Å². The first kappa shape index (κ1) is 14.3. The van der Waals surface area contributed by atoms with Crippen molar-refractivity contribution in [3.8, 4) is 0 Å². The van der Waals surface area contributed by atoms with E-state index in [0.717, 1.165) is 28.9 Å². The van der Waals surface area contributed by atoms with Crippen LogP contribution in [0.25, 0.3) is 22.1 Å². The molecule has 2 fully saturated rings. The van der Waals surface area contributed by atoms with Gasteiger partial charge in [-0.2, -0.15) is 0 Å². The molecule has 124 valence electrons. The molecular weight excluding hydrogens is 298 g/mol. The highest BCUT2D eigenvalue weighted by Gasteiger charge is 2.51. The Hall–Kier alpha value is -2.07. The molecule has 4 heteroatoms. The van der Waals surface area contributed by atoms with Gasteiger partial charge in [-0.3, -0.25) is 4.90 Å². The Balaban J connectivity index is 1.82. The molecule has 1 aromatic carbocycles. The molecule has 3 aromatic rings. The minimum atomic E-state index is 0.195. The number of hydrogen-bond donors (Lipinski definition) is 0. The summed E-state index contributed by atoms with van der Waals surface area (Å²) < 4.78 is 6.29. The van der Waals surface area contributed by atoms with E-state index in [1.54, 1.807) is 0 Å². The summed E-state index contributed by atoms with van der Waals surface area (Å²) >= 11 is 0. The third-order valence-electron chi connectivity index (χ3n) is 6.03. The molecule has 2 aliphatic rings. The molecule has 0 saturated carbocycles. The third kappa shape index (κ3) is 1.69. The maximum atomic E-state index is 6.29. The van der Waals surface area contributed by atoms with Crippen molar-refractivity contribution in [2.75, 3.05) is 18.0 Å². The van der Waals surface area contributed by atoms with Crippen molar-refractivity contribution in [2.45, 2.75) is 45.8 Å². The normalized spacial score (nSPS) is 29.2. The standard InChI is InChI=1S/C20H23N3O/c1-12-5-7-15-16-8-6-13(2)21-19(16)24-18(15)17(12)23-14(3)22-10-9-20(23,4)11-22/h5-8,14H,9-11H2,1-4H3/t14-,20?/m0/s1. The van der Waals surface area contributed by atoms with Gasteiger partial charge in [-0.25, -0.2) is 4.98 Å². The van der Waals surface area contributed by atoms with Gasteiger partial charge < -0.3 is 9.32 Å². The molecule has 5 rings (SSSR count). The summed E-state index contributed by atoms with van der Waals surface area (Å²) in [6.07, 6.45) is 1.63. The van der Waals surface area contributed by atoms with Gasteiger partial charge in [-0.05, 0) is 51.8 Å². The minimum absolute atomic E-state index is 0.195. The Morgan fingerprint density at radius 3 is 2.71 bits per heavy atom. The van der Waals surface area contributed by atoms with Crippen molar-refractivity contribution >= 4 is 27.8 Å². The van der Waals surface area contributed by atoms with Crippen LogP contribution in [0.4, 0.5) is 5.69 Å². The van der Waals surface area contributed by atoms with E-state index in [-0.39, 0.29) is 5.54 Å². The van der Waals surface area contributed by atoms with Crippen LogP contribution in [0.15, 0.2) is 28.7 Å². The molecule has 3 atom stereocenters. The van der Waals surface area contributed by atoms with Crippen LogP contribution in [0, 0.1) is 13.8 Å². The zero-order chi connectivity index (χ0) is 16.6. The largest absolute Gasteiger partial charge is 0.436 e. The van der Waals surface area contributed by atoms with Crippen LogP contribution < -0.4 is 4.90 Å². The molecule has 0 N–H and O–H groups in total. The summed E-state index contributed by atoms with van der Waals surface area (Å²) in [5.41, 5.74) is 5.46. The van der Waals surface area contributed by atoms with Crippen LogP contribution in [0.2, 0.25) is 0 Å². The molecule has 0 aliphatic carbocycles. The van der Waals surface area contributed by atoms with E-state index in [2.05, 4.69) is 59.8 Å². The zero-order valence-electron chi connectivity index (χ0n) is 14.8. The first-order chi connectivity index (χ1) is 11.5. The van der Waals surface area contributed by atoms with Gasteiger partial charge in [0.25, 0.3) is 0 Å². The zero-order valence-corrected chi connectivity index (χ0v) is 14.8. The monoisotopic (exact) mass is 321 g/mol. The number of hydrogen-bond acceptors (Lipinski definition) is 4. The van der Waals surface area contributed by atoms with Crippen LogP contribution in [0.5, 0.6) is 0 Å². The summed E-state index contributed by atoms with van der Waals surface area (Å²) in [7, 11) is 0. The smallest absolute Gasteiger partial charge is 0.227 e. The lowest BCUT2D eigenvalue weighted by Crippen LogP contribution is -2.50. The molecule has 2 bridgehead atoms. The molecular formula is C20H23N3O. The summed E-state index contributed by atoms with van der Waals surface area (Å²) in [4.78, 5) is 9.76. The maximum absolute atomic E-state index is 6.29. The topological polar surface area (TPSA) is 32.5 Å². The highest BCUT2D eigenvalue weighted by atomic mass is 16.3. The van der Waals surface area contributed by atoms with E-state index in [9.17, 15) is 0 Å². The summed E-state index contributed by atoms with van der Waals surface area (Å²) in [5.74, 6) is 0. The number of rotatable bonds is 1. The molecule has 4 nitrogen and oxygen atoms in total. The van der Waals surface area contributed by atoms with Crippen LogP contribution in [0.1, 0.15) is 31.5 Å². The quantitative estimate of drug-likeness (QED) is 0.671. The van der Waals surface area contributed by atoms with Gasteiger partial charge in [0, 0.05) is 29.6 Å². The van der Waals surface area contributed by atoms with Gasteiger partial charge in [-0.15, -0.1) is 0 Å². The molecule has 2 aromatic heterocycles. The predicted molar refractivity (Wildman–Crippen MR) is 97.5 cm³/mol. The molecule has 4 heterocycles. The van der Waals surface area contributed by atoms with Crippen LogP contribution in [-0.4, -0.2) is 34.7 Å². The second-order valence-electron chi connectivity index (χ2n) is 7.73. The van der Waals surface area contributed by atoms with Crippen molar-refractivity contribution in [3.05, 3.63) is 35.5 Å². The minimum Gasteiger partial charge on any atom is -0.436 e. The fourth-order valence-electron chi connectivity index (χ4n) is 4.76. The van der Waals surface area contributed by atoms with Gasteiger partial charge in [0.2, 0.25) is 5.71 Å². The Morgan fingerprint density at radius 2 is 1.96 bits per heavy atom. The first-order valence-corrected chi connectivity index (χ1v) is 8.81. The number of anilines is 1. The Morgan fingerprint density at radius 1 is 1.17 bits per heavy atom. The van der Waals surface area contributed by atoms with Crippen molar-refractivity contribution in [1.29, 1.82) is 0 Å². The third-order valence-corrected chi connectivity index (χ3v) is 6.03. The summed E-state index contributed by atoms with van der Waals surface area (Å²) in [6.45, 7) is 11.2. The average molecular weight is 321 g/mol. The van der Waals surface area contributed by atoms with Gasteiger partial charge in [0.1, 0.15) is 0 Å². The number of furan rings is 1. The van der Waals surface area contributed by atoms with E-state index >= 15 is 0 Å². The molecule has 0 spiro atoms. The lowest BCUT2D eigenvalue weighted by Gasteiger charge is -2.42. The number of aryl methyl sites for hydroxylation is 2. The van der Waals surface area contributed by atoms with E-state index in [0.29, 0.717) is 6.17 Å². The number of aromatic nitrogens is 1. The Bertz CT molecular complexity index is 976. The number of benzene rings is 1. The number of fused-ring (bicyclic) bond motifs is 5. The fourth-order valence-corrected chi connectivity index (χ4v) is 4.76. The second-order valence-corrected chi connectivity index (χ2v) is 7.73. The van der Waals surface area contributed by atoms with E-state index in [1.165, 1.54) is 29.6 Å². The summed E-state index contributed by atoms with van der Waals surface area (Å²) in [6, 6.07) is 8.60. The van der Waals surface area contributed by atoms with Crippen LogP contribution >= 0.6 is 0 Å². The highest BCUT2D eigenvalue weighted by Crippen LogP contribution is 2.47. The van der Waals surface area contributed by atoms with Crippen molar-refractivity contribution in [1.82, 2.24) is 9.88 Å². The van der Waals surface area contributed by atoms with Crippen molar-refractivity contribution < 1.29 is 4.42 Å². The molecule has 24 heavy (non-hydrogen) atoms. The predicted octanol–water partition coefficient (Wildman–Crippen LogP) is 4.23. The van der Waals surface area contributed by atoms with Gasteiger partial charge in [0.05, 0.1) is 17.4 Å². The van der Waals surface area contributed by atoms with E-state index < -0.39 is 0 Å². The SMILES string of the molecule is Cc1ccc2c(n1)oc1c(N3[C@@H](C)N4CCC3(C)C4)c(C)ccc12. The molecule has 0 amide bonds.